The number of allylic oxidation sites excluding steroid dienone is 1. The lowest BCUT2D eigenvalue weighted by Gasteiger charge is -2.01. The van der Waals surface area contributed by atoms with Gasteiger partial charge in [-0.3, -0.25) is 0 Å². The Bertz CT molecular complexity index is 503. The number of fused-ring (bicyclic) bond motifs is 1. The third-order valence-electron chi connectivity index (χ3n) is 2.24. The maximum Gasteiger partial charge on any atom is 0.161 e. The normalized spacial score (nSPS) is 10.8. The smallest absolute Gasteiger partial charge is 0.161 e. The first-order valence-electron chi connectivity index (χ1n) is 4.63. The lowest BCUT2D eigenvalue weighted by atomic mass is 10.3. The molecule has 4 heteroatoms. The fraction of sp³-hybridized carbons (Fsp3) is 0.182. The zero-order valence-corrected chi connectivity index (χ0v) is 8.08. The Balaban J connectivity index is 2.49. The average Bonchev–Trinajstić information content (AvgIpc) is 2.59. The van der Waals surface area contributed by atoms with Gasteiger partial charge in [0.2, 0.25) is 0 Å². The van der Waals surface area contributed by atoms with Gasteiger partial charge in [0.15, 0.2) is 11.6 Å². The number of imidazole rings is 1. The number of benzene rings is 1. The van der Waals surface area contributed by atoms with Crippen LogP contribution in [0.15, 0.2) is 31.1 Å². The summed E-state index contributed by atoms with van der Waals surface area (Å²) in [6.07, 6.45) is 4.11. The second-order valence-corrected chi connectivity index (χ2v) is 3.27. The van der Waals surface area contributed by atoms with Gasteiger partial charge in [0.25, 0.3) is 0 Å². The third-order valence-corrected chi connectivity index (χ3v) is 2.24. The summed E-state index contributed by atoms with van der Waals surface area (Å²) >= 11 is 0. The van der Waals surface area contributed by atoms with Gasteiger partial charge in [-0.2, -0.15) is 0 Å². The zero-order valence-electron chi connectivity index (χ0n) is 8.08. The summed E-state index contributed by atoms with van der Waals surface area (Å²) in [6.45, 7) is 4.28. The number of hydrogen-bond acceptors (Lipinski definition) is 1. The van der Waals surface area contributed by atoms with Gasteiger partial charge < -0.3 is 4.57 Å². The monoisotopic (exact) mass is 208 g/mol. The minimum atomic E-state index is -0.864. The lowest BCUT2D eigenvalue weighted by molar-refractivity contribution is 0.510. The summed E-state index contributed by atoms with van der Waals surface area (Å²) < 4.78 is 27.6. The van der Waals surface area contributed by atoms with E-state index >= 15 is 0 Å². The quantitative estimate of drug-likeness (QED) is 0.709. The van der Waals surface area contributed by atoms with Crippen LogP contribution < -0.4 is 0 Å². The van der Waals surface area contributed by atoms with E-state index < -0.39 is 11.6 Å². The maximum atomic E-state index is 13.0. The van der Waals surface area contributed by atoms with Crippen molar-refractivity contribution in [1.82, 2.24) is 9.55 Å². The van der Waals surface area contributed by atoms with Gasteiger partial charge in [0.05, 0.1) is 17.4 Å². The SMILES string of the molecule is C=CCCn1cnc2cc(F)c(F)cc21. The van der Waals surface area contributed by atoms with Crippen molar-refractivity contribution >= 4 is 11.0 Å². The molecule has 0 aliphatic heterocycles. The first-order valence-corrected chi connectivity index (χ1v) is 4.63. The van der Waals surface area contributed by atoms with Crippen LogP contribution in [0.1, 0.15) is 6.42 Å². The summed E-state index contributed by atoms with van der Waals surface area (Å²) in [5, 5.41) is 0. The molecule has 0 saturated carbocycles. The summed E-state index contributed by atoms with van der Waals surface area (Å²) in [5.74, 6) is -1.71. The van der Waals surface area contributed by atoms with Gasteiger partial charge in [-0.05, 0) is 6.42 Å². The largest absolute Gasteiger partial charge is 0.330 e. The molecule has 2 aromatic rings. The molecular formula is C11H10F2N2. The van der Waals surface area contributed by atoms with Gasteiger partial charge in [0, 0.05) is 18.7 Å². The molecule has 15 heavy (non-hydrogen) atoms. The zero-order chi connectivity index (χ0) is 10.8. The molecule has 1 aromatic heterocycles. The Morgan fingerprint density at radius 2 is 2.07 bits per heavy atom. The van der Waals surface area contributed by atoms with E-state index in [1.165, 1.54) is 6.07 Å². The number of hydrogen-bond donors (Lipinski definition) is 0. The standard InChI is InChI=1S/C11H10F2N2/c1-2-3-4-15-7-14-10-5-8(12)9(13)6-11(10)15/h2,5-7H,1,3-4H2. The highest BCUT2D eigenvalue weighted by atomic mass is 19.2. The maximum absolute atomic E-state index is 13.0. The first kappa shape index (κ1) is 9.83. The van der Waals surface area contributed by atoms with Gasteiger partial charge >= 0.3 is 0 Å². The van der Waals surface area contributed by atoms with Crippen LogP contribution in [0.4, 0.5) is 8.78 Å². The molecule has 1 aromatic carbocycles. The Morgan fingerprint density at radius 3 is 2.80 bits per heavy atom. The molecule has 2 rings (SSSR count). The van der Waals surface area contributed by atoms with E-state index in [1.54, 1.807) is 17.0 Å². The van der Waals surface area contributed by atoms with E-state index in [0.29, 0.717) is 17.6 Å². The molecule has 0 radical (unpaired) electrons. The molecule has 0 amide bonds. The molecule has 2 nitrogen and oxygen atoms in total. The van der Waals surface area contributed by atoms with Crippen molar-refractivity contribution in [2.75, 3.05) is 0 Å². The van der Waals surface area contributed by atoms with Crippen LogP contribution in [-0.2, 0) is 6.54 Å². The number of nitrogens with zero attached hydrogens (tertiary/aromatic N) is 2. The van der Waals surface area contributed by atoms with Crippen LogP contribution in [0.25, 0.3) is 11.0 Å². The molecule has 0 spiro atoms. The molecule has 0 atom stereocenters. The Labute approximate surface area is 85.9 Å². The molecule has 1 heterocycles. The number of rotatable bonds is 3. The Kier molecular flexibility index (Phi) is 2.49. The highest BCUT2D eigenvalue weighted by Crippen LogP contribution is 2.17. The van der Waals surface area contributed by atoms with E-state index in [1.807, 2.05) is 0 Å². The van der Waals surface area contributed by atoms with Crippen LogP contribution in [0, 0.1) is 11.6 Å². The number of aromatic nitrogens is 2. The van der Waals surface area contributed by atoms with E-state index in [0.717, 1.165) is 12.5 Å². The van der Waals surface area contributed by atoms with Gasteiger partial charge in [-0.15, -0.1) is 6.58 Å². The van der Waals surface area contributed by atoms with Crippen molar-refractivity contribution in [3.63, 3.8) is 0 Å². The predicted octanol–water partition coefficient (Wildman–Crippen LogP) is 2.89. The minimum absolute atomic E-state index is 0.470. The summed E-state index contributed by atoms with van der Waals surface area (Å²) in [5.41, 5.74) is 1.08. The van der Waals surface area contributed by atoms with Crippen LogP contribution in [0.5, 0.6) is 0 Å². The predicted molar refractivity (Wildman–Crippen MR) is 54.5 cm³/mol. The fourth-order valence-electron chi connectivity index (χ4n) is 1.46. The summed E-state index contributed by atoms with van der Waals surface area (Å²) in [7, 11) is 0. The van der Waals surface area contributed by atoms with Crippen molar-refractivity contribution in [2.24, 2.45) is 0 Å². The van der Waals surface area contributed by atoms with E-state index in [4.69, 9.17) is 0 Å². The van der Waals surface area contributed by atoms with Crippen molar-refractivity contribution in [3.05, 3.63) is 42.7 Å². The molecule has 78 valence electrons. The molecule has 0 fully saturated rings. The second kappa shape index (κ2) is 3.81. The molecule has 0 aliphatic rings. The van der Waals surface area contributed by atoms with Crippen molar-refractivity contribution in [2.45, 2.75) is 13.0 Å². The number of aryl methyl sites for hydroxylation is 1. The number of halogens is 2. The van der Waals surface area contributed by atoms with Crippen molar-refractivity contribution < 1.29 is 8.78 Å². The average molecular weight is 208 g/mol. The molecule has 0 bridgehead atoms. The molecule has 0 saturated heterocycles. The molecular weight excluding hydrogens is 198 g/mol. The Morgan fingerprint density at radius 1 is 1.33 bits per heavy atom. The van der Waals surface area contributed by atoms with E-state index in [2.05, 4.69) is 11.6 Å². The van der Waals surface area contributed by atoms with Gasteiger partial charge in [-0.25, -0.2) is 13.8 Å². The minimum Gasteiger partial charge on any atom is -0.330 e. The van der Waals surface area contributed by atoms with Gasteiger partial charge in [0.1, 0.15) is 0 Å². The van der Waals surface area contributed by atoms with Gasteiger partial charge in [-0.1, -0.05) is 6.08 Å². The van der Waals surface area contributed by atoms with E-state index in [9.17, 15) is 8.78 Å². The summed E-state index contributed by atoms with van der Waals surface area (Å²) in [4.78, 5) is 4.00. The molecule has 0 aliphatic carbocycles. The van der Waals surface area contributed by atoms with E-state index in [-0.39, 0.29) is 0 Å². The van der Waals surface area contributed by atoms with Crippen LogP contribution in [0.3, 0.4) is 0 Å². The first-order chi connectivity index (χ1) is 7.22. The Hall–Kier alpha value is -1.71. The lowest BCUT2D eigenvalue weighted by Crippen LogP contribution is -1.95. The highest BCUT2D eigenvalue weighted by molar-refractivity contribution is 5.75. The van der Waals surface area contributed by atoms with Crippen molar-refractivity contribution in [3.8, 4) is 0 Å². The topological polar surface area (TPSA) is 17.8 Å². The molecule has 0 N–H and O–H groups in total. The van der Waals surface area contributed by atoms with Crippen LogP contribution >= 0.6 is 0 Å². The van der Waals surface area contributed by atoms with Crippen molar-refractivity contribution in [1.29, 1.82) is 0 Å². The van der Waals surface area contributed by atoms with Crippen LogP contribution in [-0.4, -0.2) is 9.55 Å². The second-order valence-electron chi connectivity index (χ2n) is 3.27. The fourth-order valence-corrected chi connectivity index (χ4v) is 1.46. The highest BCUT2D eigenvalue weighted by Gasteiger charge is 2.08. The summed E-state index contributed by atoms with van der Waals surface area (Å²) in [6, 6.07) is 2.27. The van der Waals surface area contributed by atoms with Crippen LogP contribution in [0.2, 0.25) is 0 Å². The molecule has 0 unspecified atom stereocenters. The third kappa shape index (κ3) is 1.75.